The van der Waals surface area contributed by atoms with Gasteiger partial charge in [0.1, 0.15) is 6.10 Å². The molecule has 1 fully saturated rings. The van der Waals surface area contributed by atoms with Crippen LogP contribution in [0.15, 0.2) is 0 Å². The van der Waals surface area contributed by atoms with E-state index in [1.807, 2.05) is 0 Å². The van der Waals surface area contributed by atoms with E-state index in [0.717, 1.165) is 0 Å². The Kier molecular flexibility index (Phi) is 4.04. The molecule has 3 nitrogen and oxygen atoms in total. The van der Waals surface area contributed by atoms with E-state index in [9.17, 15) is 22.5 Å². The fourth-order valence-electron chi connectivity index (χ4n) is 1.54. The van der Waals surface area contributed by atoms with Crippen molar-refractivity contribution in [2.45, 2.75) is 44.0 Å². The van der Waals surface area contributed by atoms with Crippen LogP contribution in [0, 0.1) is 0 Å². The van der Waals surface area contributed by atoms with Crippen LogP contribution in [-0.4, -0.2) is 24.4 Å². The quantitative estimate of drug-likeness (QED) is 0.549. The van der Waals surface area contributed by atoms with Crippen LogP contribution in [0.1, 0.15) is 25.7 Å². The Hall–Kier alpha value is -0.690. The molecule has 1 rings (SSSR count). The molecule has 0 heterocycles. The average molecular weight is 230 g/mol. The van der Waals surface area contributed by atoms with E-state index in [0.29, 0.717) is 12.8 Å². The molecule has 7 heteroatoms. The lowest BCUT2D eigenvalue weighted by Crippen LogP contribution is -2.41. The van der Waals surface area contributed by atoms with Gasteiger partial charge in [0.2, 0.25) is 0 Å². The van der Waals surface area contributed by atoms with Gasteiger partial charge in [0.05, 0.1) is 6.10 Å². The van der Waals surface area contributed by atoms with Crippen LogP contribution >= 0.6 is 0 Å². The van der Waals surface area contributed by atoms with Crippen molar-refractivity contribution in [3.05, 3.63) is 0 Å². The van der Waals surface area contributed by atoms with Crippen molar-refractivity contribution in [3.8, 4) is 0 Å². The van der Waals surface area contributed by atoms with Gasteiger partial charge in [0.25, 0.3) is 0 Å². The summed E-state index contributed by atoms with van der Waals surface area (Å²) in [5.41, 5.74) is 0. The summed E-state index contributed by atoms with van der Waals surface area (Å²) >= 11 is 0. The van der Waals surface area contributed by atoms with E-state index < -0.39 is 24.4 Å². The van der Waals surface area contributed by atoms with Gasteiger partial charge in [-0.2, -0.15) is 18.1 Å². The molecule has 0 N–H and O–H groups in total. The van der Waals surface area contributed by atoms with Crippen molar-refractivity contribution >= 4 is 6.04 Å². The summed E-state index contributed by atoms with van der Waals surface area (Å²) in [6.45, 7) is 0. The first-order valence-corrected chi connectivity index (χ1v) is 4.50. The maximum Gasteiger partial charge on any atom is 0.449 e. The minimum atomic E-state index is -4.52. The first kappa shape index (κ1) is 12.4. The van der Waals surface area contributed by atoms with Gasteiger partial charge in [-0.15, -0.1) is 0 Å². The minimum Gasteiger partial charge on any atom is -0.306 e. The normalized spacial score (nSPS) is 27.7. The number of hydrogen-bond donors (Lipinski definition) is 0. The first-order chi connectivity index (χ1) is 6.97. The highest BCUT2D eigenvalue weighted by Crippen LogP contribution is 2.29. The van der Waals surface area contributed by atoms with E-state index >= 15 is 0 Å². The Morgan fingerprint density at radius 2 is 1.73 bits per heavy atom. The van der Waals surface area contributed by atoms with Gasteiger partial charge in [-0.1, -0.05) is 12.8 Å². The zero-order chi connectivity index (χ0) is 11.5. The molecule has 0 saturated heterocycles. The molecule has 0 aromatic heterocycles. The van der Waals surface area contributed by atoms with E-state index in [4.69, 9.17) is 0 Å². The number of alkyl halides is 2. The van der Waals surface area contributed by atoms with Crippen LogP contribution in [0.2, 0.25) is 0 Å². The topological polar surface area (TPSA) is 35.5 Å². The highest BCUT2D eigenvalue weighted by atomic mass is 19.3. The molecule has 0 aliphatic heterocycles. The minimum absolute atomic E-state index is 0.109. The van der Waals surface area contributed by atoms with E-state index in [2.05, 4.69) is 9.68 Å². The summed E-state index contributed by atoms with van der Waals surface area (Å²) in [4.78, 5) is 13.3. The van der Waals surface area contributed by atoms with Crippen molar-refractivity contribution in [3.63, 3.8) is 0 Å². The molecule has 1 saturated carbocycles. The summed E-state index contributed by atoms with van der Waals surface area (Å²) in [6.07, 6.45) is -5.50. The maximum atomic E-state index is 12.5. The monoisotopic (exact) mass is 230 g/mol. The van der Waals surface area contributed by atoms with Gasteiger partial charge in [-0.05, 0) is 17.4 Å². The molecule has 88 valence electrons. The molecule has 1 aliphatic rings. The zero-order valence-corrected chi connectivity index (χ0v) is 7.72. The lowest BCUT2D eigenvalue weighted by atomic mass is 9.95. The van der Waals surface area contributed by atoms with Crippen LogP contribution < -0.4 is 0 Å². The number of carbonyl (C=O) groups is 1. The summed E-state index contributed by atoms with van der Waals surface area (Å²) in [7, 11) is 0. The van der Waals surface area contributed by atoms with E-state index in [-0.39, 0.29) is 12.8 Å². The molecular weight excluding hydrogens is 220 g/mol. The van der Waals surface area contributed by atoms with Crippen LogP contribution in [-0.2, 0) is 14.5 Å². The van der Waals surface area contributed by atoms with Gasteiger partial charge in [0.15, 0.2) is 0 Å². The van der Waals surface area contributed by atoms with Crippen LogP contribution in [0.25, 0.3) is 0 Å². The number of rotatable bonds is 4. The Morgan fingerprint density at radius 3 is 2.20 bits per heavy atom. The Balaban J connectivity index is 2.58. The fraction of sp³-hybridized carbons (Fsp3) is 0.875. The number of hydrogen-bond acceptors (Lipinski definition) is 3. The molecule has 0 aromatic carbocycles. The Morgan fingerprint density at radius 1 is 1.20 bits per heavy atom. The third kappa shape index (κ3) is 3.13. The Labute approximate surface area is 83.2 Å². The smallest absolute Gasteiger partial charge is 0.306 e. The summed E-state index contributed by atoms with van der Waals surface area (Å²) in [6, 6.07) is -2.88. The maximum absolute atomic E-state index is 12.5. The molecular formula is C8H10F4O3. The van der Waals surface area contributed by atoms with Crippen molar-refractivity contribution < 1.29 is 32.2 Å². The molecule has 0 amide bonds. The highest BCUT2D eigenvalue weighted by Gasteiger charge is 2.46. The fourth-order valence-corrected chi connectivity index (χ4v) is 1.54. The second-order valence-corrected chi connectivity index (χ2v) is 3.36. The lowest BCUT2D eigenvalue weighted by Gasteiger charge is -2.29. The predicted molar refractivity (Wildman–Crippen MR) is 40.4 cm³/mol. The van der Waals surface area contributed by atoms with Crippen molar-refractivity contribution in [2.75, 3.05) is 0 Å². The number of ether oxygens (including phenoxy) is 1. The molecule has 1 aliphatic carbocycles. The third-order valence-electron chi connectivity index (χ3n) is 2.28. The van der Waals surface area contributed by atoms with Gasteiger partial charge >= 0.3 is 12.1 Å². The number of carbonyl (C=O) groups excluding carboxylic acids is 1. The lowest BCUT2D eigenvalue weighted by molar-refractivity contribution is -0.299. The van der Waals surface area contributed by atoms with Crippen molar-refractivity contribution in [2.24, 2.45) is 0 Å². The SMILES string of the molecule is O=C(F)C(F)(F)OC1CCCCC1OF. The highest BCUT2D eigenvalue weighted by molar-refractivity contribution is 5.74. The average Bonchev–Trinajstić information content (AvgIpc) is 2.18. The summed E-state index contributed by atoms with van der Waals surface area (Å²) in [5, 5.41) is 0. The Bertz CT molecular complexity index is 234. The van der Waals surface area contributed by atoms with Crippen molar-refractivity contribution in [1.29, 1.82) is 0 Å². The summed E-state index contributed by atoms with van der Waals surface area (Å²) in [5.74, 6) is 0. The molecule has 2 atom stereocenters. The van der Waals surface area contributed by atoms with Crippen molar-refractivity contribution in [1.82, 2.24) is 0 Å². The summed E-state index contributed by atoms with van der Waals surface area (Å²) < 4.78 is 52.7. The second-order valence-electron chi connectivity index (χ2n) is 3.36. The van der Waals surface area contributed by atoms with Gasteiger partial charge in [-0.25, -0.2) is 0 Å². The largest absolute Gasteiger partial charge is 0.449 e. The van der Waals surface area contributed by atoms with Gasteiger partial charge < -0.3 is 4.74 Å². The van der Waals surface area contributed by atoms with Gasteiger partial charge in [-0.3, -0.25) is 4.79 Å². The van der Waals surface area contributed by atoms with E-state index in [1.54, 1.807) is 0 Å². The van der Waals surface area contributed by atoms with Crippen LogP contribution in [0.5, 0.6) is 0 Å². The molecule has 0 radical (unpaired) electrons. The first-order valence-electron chi connectivity index (χ1n) is 4.50. The molecule has 0 bridgehead atoms. The third-order valence-corrected chi connectivity index (χ3v) is 2.28. The molecule has 0 aromatic rings. The van der Waals surface area contributed by atoms with Crippen LogP contribution in [0.4, 0.5) is 17.7 Å². The molecule has 0 spiro atoms. The molecule has 15 heavy (non-hydrogen) atoms. The predicted octanol–water partition coefficient (Wildman–Crippen LogP) is 2.30. The zero-order valence-electron chi connectivity index (χ0n) is 7.72. The molecule has 2 unspecified atom stereocenters. The van der Waals surface area contributed by atoms with E-state index in [1.165, 1.54) is 0 Å². The second kappa shape index (κ2) is 4.89. The standard InChI is InChI=1S/C8H10F4O3/c9-7(13)8(10,11)14-5-3-1-2-4-6(5)15-12/h5-6H,1-4H2. The number of halogens is 4. The van der Waals surface area contributed by atoms with Gasteiger partial charge in [0, 0.05) is 0 Å². The van der Waals surface area contributed by atoms with Crippen LogP contribution in [0.3, 0.4) is 0 Å².